The van der Waals surface area contributed by atoms with Crippen molar-refractivity contribution >= 4 is 40.9 Å². The maximum Gasteiger partial charge on any atom is 0.266 e. The van der Waals surface area contributed by atoms with Crippen molar-refractivity contribution in [3.63, 3.8) is 0 Å². The van der Waals surface area contributed by atoms with Gasteiger partial charge in [0, 0.05) is 5.02 Å². The van der Waals surface area contributed by atoms with Crippen LogP contribution in [0.25, 0.3) is 6.08 Å². The molecule has 7 heteroatoms. The minimum atomic E-state index is -1.07. The van der Waals surface area contributed by atoms with Gasteiger partial charge < -0.3 is 5.32 Å². The fourth-order valence-corrected chi connectivity index (χ4v) is 2.15. The van der Waals surface area contributed by atoms with Gasteiger partial charge in [0.2, 0.25) is 0 Å². The molecule has 116 valence electrons. The summed E-state index contributed by atoms with van der Waals surface area (Å²) in [5.41, 5.74) is 0.160. The molecule has 2 aromatic rings. The molecule has 0 aliphatic heterocycles. The van der Waals surface area contributed by atoms with Gasteiger partial charge in [-0.2, -0.15) is 5.26 Å². The number of nitrogens with one attached hydrogen (secondary N) is 1. The average Bonchev–Trinajstić information content (AvgIpc) is 2.51. The molecule has 0 aliphatic carbocycles. The zero-order valence-corrected chi connectivity index (χ0v) is 12.9. The van der Waals surface area contributed by atoms with Crippen molar-refractivity contribution in [3.05, 3.63) is 69.2 Å². The number of benzene rings is 2. The monoisotopic (exact) mass is 352 g/mol. The molecule has 23 heavy (non-hydrogen) atoms. The Hall–Kier alpha value is -2.42. The van der Waals surface area contributed by atoms with E-state index < -0.39 is 17.5 Å². The van der Waals surface area contributed by atoms with Crippen molar-refractivity contribution < 1.29 is 13.6 Å². The second-order valence-electron chi connectivity index (χ2n) is 4.42. The number of anilines is 1. The summed E-state index contributed by atoms with van der Waals surface area (Å²) in [6.07, 6.45) is 1.14. The minimum absolute atomic E-state index is 0.179. The molecule has 0 spiro atoms. The molecule has 0 bridgehead atoms. The summed E-state index contributed by atoms with van der Waals surface area (Å²) in [7, 11) is 0. The standard InChI is InChI=1S/C16H8Cl2F2N2O/c17-11-2-4-15(12(18)7-11)22-16(23)10(8-21)5-9-1-3-13(19)14(20)6-9/h1-7H,(H,22,23)/b10-5+. The molecule has 2 aromatic carbocycles. The van der Waals surface area contributed by atoms with Gasteiger partial charge in [0.15, 0.2) is 11.6 Å². The van der Waals surface area contributed by atoms with Crippen LogP contribution in [0.15, 0.2) is 42.0 Å². The molecule has 0 heterocycles. The Morgan fingerprint density at radius 1 is 1.13 bits per heavy atom. The summed E-state index contributed by atoms with van der Waals surface area (Å²) in [4.78, 5) is 12.1. The van der Waals surface area contributed by atoms with E-state index in [4.69, 9.17) is 28.5 Å². The third kappa shape index (κ3) is 4.28. The first kappa shape index (κ1) is 16.9. The molecule has 0 saturated heterocycles. The lowest BCUT2D eigenvalue weighted by Crippen LogP contribution is -2.13. The van der Waals surface area contributed by atoms with Crippen LogP contribution in [0.3, 0.4) is 0 Å². The molecule has 2 rings (SSSR count). The highest BCUT2D eigenvalue weighted by molar-refractivity contribution is 6.36. The van der Waals surface area contributed by atoms with Gasteiger partial charge in [0.05, 0.1) is 10.7 Å². The van der Waals surface area contributed by atoms with E-state index in [1.54, 1.807) is 6.07 Å². The van der Waals surface area contributed by atoms with Gasteiger partial charge >= 0.3 is 0 Å². The lowest BCUT2D eigenvalue weighted by Gasteiger charge is -2.07. The summed E-state index contributed by atoms with van der Waals surface area (Å²) in [6.45, 7) is 0. The highest BCUT2D eigenvalue weighted by atomic mass is 35.5. The van der Waals surface area contributed by atoms with Crippen molar-refractivity contribution in [2.45, 2.75) is 0 Å². The van der Waals surface area contributed by atoms with Crippen molar-refractivity contribution in [2.24, 2.45) is 0 Å². The number of hydrogen-bond acceptors (Lipinski definition) is 2. The average molecular weight is 353 g/mol. The van der Waals surface area contributed by atoms with E-state index in [0.717, 1.165) is 18.2 Å². The Morgan fingerprint density at radius 3 is 2.48 bits per heavy atom. The second-order valence-corrected chi connectivity index (χ2v) is 5.27. The lowest BCUT2D eigenvalue weighted by atomic mass is 10.1. The third-order valence-corrected chi connectivity index (χ3v) is 3.35. The van der Waals surface area contributed by atoms with Crippen LogP contribution in [0.5, 0.6) is 0 Å². The number of halogens is 4. The quantitative estimate of drug-likeness (QED) is 0.636. The van der Waals surface area contributed by atoms with E-state index in [9.17, 15) is 13.6 Å². The van der Waals surface area contributed by atoms with E-state index in [1.807, 2.05) is 0 Å². The Balaban J connectivity index is 2.26. The number of amides is 1. The van der Waals surface area contributed by atoms with Gasteiger partial charge in [-0.25, -0.2) is 8.78 Å². The van der Waals surface area contributed by atoms with Crippen LogP contribution in [0, 0.1) is 23.0 Å². The number of nitrogens with zero attached hydrogens (tertiary/aromatic N) is 1. The molecule has 0 atom stereocenters. The fraction of sp³-hybridized carbons (Fsp3) is 0. The number of hydrogen-bond donors (Lipinski definition) is 1. The molecule has 0 fully saturated rings. The van der Waals surface area contributed by atoms with Crippen LogP contribution in [0.1, 0.15) is 5.56 Å². The summed E-state index contributed by atoms with van der Waals surface area (Å²) in [5, 5.41) is 12.1. The van der Waals surface area contributed by atoms with Crippen molar-refractivity contribution in [1.29, 1.82) is 5.26 Å². The molecular formula is C16H8Cl2F2N2O. The molecule has 0 radical (unpaired) electrons. The highest BCUT2D eigenvalue weighted by Crippen LogP contribution is 2.25. The smallest absolute Gasteiger partial charge is 0.266 e. The Labute approximate surface area is 140 Å². The molecule has 0 aliphatic rings. The van der Waals surface area contributed by atoms with Crippen LogP contribution >= 0.6 is 23.2 Å². The van der Waals surface area contributed by atoms with Crippen molar-refractivity contribution in [2.75, 3.05) is 5.32 Å². The summed E-state index contributed by atoms with van der Waals surface area (Å²) < 4.78 is 26.0. The third-order valence-electron chi connectivity index (χ3n) is 2.80. The van der Waals surface area contributed by atoms with Crippen LogP contribution in [-0.4, -0.2) is 5.91 Å². The molecule has 0 unspecified atom stereocenters. The van der Waals surface area contributed by atoms with Gasteiger partial charge in [0.25, 0.3) is 5.91 Å². The Bertz CT molecular complexity index is 844. The first-order valence-electron chi connectivity index (χ1n) is 6.24. The summed E-state index contributed by atoms with van der Waals surface area (Å²) in [6, 6.07) is 9.18. The second kappa shape index (κ2) is 7.23. The SMILES string of the molecule is N#C/C(=C\c1ccc(F)c(F)c1)C(=O)Nc1ccc(Cl)cc1Cl. The van der Waals surface area contributed by atoms with Gasteiger partial charge in [-0.05, 0) is 42.0 Å². The number of rotatable bonds is 3. The van der Waals surface area contributed by atoms with E-state index in [2.05, 4.69) is 5.32 Å². The van der Waals surface area contributed by atoms with Crippen LogP contribution < -0.4 is 5.32 Å². The zero-order valence-electron chi connectivity index (χ0n) is 11.4. The van der Waals surface area contributed by atoms with Crippen molar-refractivity contribution in [1.82, 2.24) is 0 Å². The summed E-state index contributed by atoms with van der Waals surface area (Å²) >= 11 is 11.7. The van der Waals surface area contributed by atoms with Crippen LogP contribution in [0.4, 0.5) is 14.5 Å². The summed E-state index contributed by atoms with van der Waals surface area (Å²) in [5.74, 6) is -2.82. The van der Waals surface area contributed by atoms with E-state index >= 15 is 0 Å². The highest BCUT2D eigenvalue weighted by Gasteiger charge is 2.12. The van der Waals surface area contributed by atoms with Gasteiger partial charge in [-0.1, -0.05) is 29.3 Å². The molecule has 0 aromatic heterocycles. The van der Waals surface area contributed by atoms with Crippen LogP contribution in [-0.2, 0) is 4.79 Å². The minimum Gasteiger partial charge on any atom is -0.320 e. The van der Waals surface area contributed by atoms with E-state index in [0.29, 0.717) is 5.02 Å². The molecule has 1 amide bonds. The number of carbonyl (C=O) groups excluding carboxylic acids is 1. The Morgan fingerprint density at radius 2 is 1.87 bits per heavy atom. The molecule has 1 N–H and O–H groups in total. The maximum atomic E-state index is 13.2. The van der Waals surface area contributed by atoms with Gasteiger partial charge in [-0.15, -0.1) is 0 Å². The fourth-order valence-electron chi connectivity index (χ4n) is 1.70. The van der Waals surface area contributed by atoms with Gasteiger partial charge in [-0.3, -0.25) is 4.79 Å². The van der Waals surface area contributed by atoms with E-state index in [1.165, 1.54) is 24.3 Å². The number of carbonyl (C=O) groups is 1. The van der Waals surface area contributed by atoms with Crippen LogP contribution in [0.2, 0.25) is 10.0 Å². The molecule has 0 saturated carbocycles. The van der Waals surface area contributed by atoms with Gasteiger partial charge in [0.1, 0.15) is 11.6 Å². The first-order chi connectivity index (χ1) is 10.9. The largest absolute Gasteiger partial charge is 0.320 e. The Kier molecular flexibility index (Phi) is 5.32. The first-order valence-corrected chi connectivity index (χ1v) is 6.99. The topological polar surface area (TPSA) is 52.9 Å². The predicted octanol–water partition coefficient (Wildman–Crippen LogP) is 4.82. The molecular weight excluding hydrogens is 345 g/mol. The maximum absolute atomic E-state index is 13.2. The normalized spacial score (nSPS) is 11.0. The van der Waals surface area contributed by atoms with E-state index in [-0.39, 0.29) is 21.8 Å². The van der Waals surface area contributed by atoms with Crippen molar-refractivity contribution in [3.8, 4) is 6.07 Å². The molecule has 3 nitrogen and oxygen atoms in total. The number of nitriles is 1. The predicted molar refractivity (Wildman–Crippen MR) is 85.0 cm³/mol. The lowest BCUT2D eigenvalue weighted by molar-refractivity contribution is -0.112. The zero-order chi connectivity index (χ0) is 17.0.